The summed E-state index contributed by atoms with van der Waals surface area (Å²) >= 11 is 0. The molecule has 0 aromatic rings. The number of aliphatic carboxylic acids is 1. The molecule has 0 saturated heterocycles. The Morgan fingerprint density at radius 1 is 1.14 bits per heavy atom. The minimum absolute atomic E-state index is 0.0581. The minimum Gasteiger partial charge on any atom is -0.481 e. The molecule has 1 saturated carbocycles. The molecule has 1 aliphatic carbocycles. The highest BCUT2D eigenvalue weighted by Crippen LogP contribution is 2.42. The van der Waals surface area contributed by atoms with Crippen molar-refractivity contribution in [2.75, 3.05) is 13.7 Å². The first-order chi connectivity index (χ1) is 9.97. The second kappa shape index (κ2) is 8.64. The molecule has 6 nitrogen and oxygen atoms in total. The molecule has 0 aromatic heterocycles. The molecule has 21 heavy (non-hydrogen) atoms. The van der Waals surface area contributed by atoms with Gasteiger partial charge in [0.2, 0.25) is 5.91 Å². The zero-order chi connectivity index (χ0) is 15.7. The number of carbonyl (C=O) groups is 3. The van der Waals surface area contributed by atoms with Crippen LogP contribution in [-0.4, -0.2) is 36.6 Å². The van der Waals surface area contributed by atoms with Crippen molar-refractivity contribution in [1.82, 2.24) is 5.32 Å². The van der Waals surface area contributed by atoms with Crippen LogP contribution in [0.3, 0.4) is 0 Å². The van der Waals surface area contributed by atoms with Crippen molar-refractivity contribution in [1.29, 1.82) is 0 Å². The lowest BCUT2D eigenvalue weighted by atomic mass is 9.69. The highest BCUT2D eigenvalue weighted by Gasteiger charge is 2.36. The van der Waals surface area contributed by atoms with Gasteiger partial charge in [-0.15, -0.1) is 0 Å². The molecule has 0 heterocycles. The third-order valence-electron chi connectivity index (χ3n) is 4.08. The van der Waals surface area contributed by atoms with Gasteiger partial charge in [-0.1, -0.05) is 19.3 Å². The molecule has 120 valence electrons. The van der Waals surface area contributed by atoms with Crippen LogP contribution in [0.25, 0.3) is 0 Å². The van der Waals surface area contributed by atoms with E-state index in [2.05, 4.69) is 10.1 Å². The summed E-state index contributed by atoms with van der Waals surface area (Å²) in [5.74, 6) is -1.25. The van der Waals surface area contributed by atoms with Gasteiger partial charge in [0.1, 0.15) is 0 Å². The zero-order valence-electron chi connectivity index (χ0n) is 12.7. The maximum Gasteiger partial charge on any atom is 0.305 e. The van der Waals surface area contributed by atoms with Crippen molar-refractivity contribution in [3.8, 4) is 0 Å². The summed E-state index contributed by atoms with van der Waals surface area (Å²) in [4.78, 5) is 34.0. The fourth-order valence-corrected chi connectivity index (χ4v) is 3.00. The van der Waals surface area contributed by atoms with E-state index in [1.165, 1.54) is 7.11 Å². The van der Waals surface area contributed by atoms with Crippen LogP contribution in [0.5, 0.6) is 0 Å². The van der Waals surface area contributed by atoms with Crippen LogP contribution in [0.4, 0.5) is 0 Å². The molecular formula is C15H25NO5. The second-order valence-electron chi connectivity index (χ2n) is 5.84. The van der Waals surface area contributed by atoms with Crippen LogP contribution in [0.1, 0.15) is 57.8 Å². The normalized spacial score (nSPS) is 17.0. The molecule has 2 N–H and O–H groups in total. The Labute approximate surface area is 125 Å². The highest BCUT2D eigenvalue weighted by molar-refractivity contribution is 5.78. The van der Waals surface area contributed by atoms with E-state index in [0.29, 0.717) is 13.0 Å². The molecule has 0 spiro atoms. The van der Waals surface area contributed by atoms with Gasteiger partial charge in [-0.2, -0.15) is 0 Å². The van der Waals surface area contributed by atoms with E-state index < -0.39 is 11.4 Å². The first-order valence-electron chi connectivity index (χ1n) is 7.53. The van der Waals surface area contributed by atoms with Crippen LogP contribution in [0, 0.1) is 5.41 Å². The SMILES string of the molecule is COC(=O)CCCNC(=O)CC1(CC(=O)O)CCCCC1. The molecule has 0 radical (unpaired) electrons. The van der Waals surface area contributed by atoms with Crippen molar-refractivity contribution in [3.63, 3.8) is 0 Å². The summed E-state index contributed by atoms with van der Waals surface area (Å²) < 4.78 is 4.52. The lowest BCUT2D eigenvalue weighted by Crippen LogP contribution is -2.35. The van der Waals surface area contributed by atoms with E-state index >= 15 is 0 Å². The van der Waals surface area contributed by atoms with Crippen molar-refractivity contribution < 1.29 is 24.2 Å². The Morgan fingerprint density at radius 2 is 1.81 bits per heavy atom. The number of hydrogen-bond acceptors (Lipinski definition) is 4. The summed E-state index contributed by atoms with van der Waals surface area (Å²) in [6.45, 7) is 0.414. The third kappa shape index (κ3) is 6.60. The van der Waals surface area contributed by atoms with Gasteiger partial charge in [0.05, 0.1) is 13.5 Å². The number of rotatable bonds is 8. The monoisotopic (exact) mass is 299 g/mol. The molecule has 0 aliphatic heterocycles. The Hall–Kier alpha value is -1.59. The number of methoxy groups -OCH3 is 1. The summed E-state index contributed by atoms with van der Waals surface area (Å²) in [5.41, 5.74) is -0.392. The number of carbonyl (C=O) groups excluding carboxylic acids is 2. The average molecular weight is 299 g/mol. The molecule has 1 fully saturated rings. The Morgan fingerprint density at radius 3 is 2.38 bits per heavy atom. The van der Waals surface area contributed by atoms with Crippen molar-refractivity contribution >= 4 is 17.8 Å². The molecule has 0 bridgehead atoms. The van der Waals surface area contributed by atoms with Gasteiger partial charge in [0, 0.05) is 19.4 Å². The number of amides is 1. The third-order valence-corrected chi connectivity index (χ3v) is 4.08. The Kier molecular flexibility index (Phi) is 7.19. The molecule has 1 rings (SSSR count). The van der Waals surface area contributed by atoms with Gasteiger partial charge in [0.15, 0.2) is 0 Å². The van der Waals surface area contributed by atoms with E-state index in [9.17, 15) is 14.4 Å². The van der Waals surface area contributed by atoms with Crippen LogP contribution in [-0.2, 0) is 19.1 Å². The fraction of sp³-hybridized carbons (Fsp3) is 0.800. The number of carboxylic acids is 1. The van der Waals surface area contributed by atoms with Crippen LogP contribution in [0.15, 0.2) is 0 Å². The predicted molar refractivity (Wildman–Crippen MR) is 76.6 cm³/mol. The molecule has 0 unspecified atom stereocenters. The number of hydrogen-bond donors (Lipinski definition) is 2. The number of esters is 1. The van der Waals surface area contributed by atoms with E-state index in [0.717, 1.165) is 32.1 Å². The van der Waals surface area contributed by atoms with Crippen LogP contribution in [0.2, 0.25) is 0 Å². The summed E-state index contributed by atoms with van der Waals surface area (Å²) in [5, 5.41) is 11.8. The maximum atomic E-state index is 12.0. The quantitative estimate of drug-likeness (QED) is 0.527. The smallest absolute Gasteiger partial charge is 0.305 e. The second-order valence-corrected chi connectivity index (χ2v) is 5.84. The highest BCUT2D eigenvalue weighted by atomic mass is 16.5. The van der Waals surface area contributed by atoms with Crippen molar-refractivity contribution in [2.45, 2.75) is 57.8 Å². The molecule has 6 heteroatoms. The predicted octanol–water partition coefficient (Wildman–Crippen LogP) is 1.87. The summed E-state index contributed by atoms with van der Waals surface area (Å²) in [7, 11) is 1.33. The minimum atomic E-state index is -0.838. The van der Waals surface area contributed by atoms with Crippen molar-refractivity contribution in [2.24, 2.45) is 5.41 Å². The van der Waals surface area contributed by atoms with Crippen molar-refractivity contribution in [3.05, 3.63) is 0 Å². The topological polar surface area (TPSA) is 92.7 Å². The van der Waals surface area contributed by atoms with Crippen LogP contribution >= 0.6 is 0 Å². The molecule has 0 aromatic carbocycles. The maximum absolute atomic E-state index is 12.0. The number of ether oxygens (including phenoxy) is 1. The fourth-order valence-electron chi connectivity index (χ4n) is 3.00. The number of nitrogens with one attached hydrogen (secondary N) is 1. The summed E-state index contributed by atoms with van der Waals surface area (Å²) in [6.07, 6.45) is 5.82. The average Bonchev–Trinajstić information content (AvgIpc) is 2.43. The van der Waals surface area contributed by atoms with Gasteiger partial charge in [0.25, 0.3) is 0 Å². The molecular weight excluding hydrogens is 274 g/mol. The summed E-state index contributed by atoms with van der Waals surface area (Å²) in [6, 6.07) is 0. The number of carboxylic acid groups (broad SMARTS) is 1. The zero-order valence-corrected chi connectivity index (χ0v) is 12.7. The van der Waals surface area contributed by atoms with Gasteiger partial charge in [-0.25, -0.2) is 0 Å². The molecule has 0 atom stereocenters. The van der Waals surface area contributed by atoms with Gasteiger partial charge in [-0.05, 0) is 24.7 Å². The van der Waals surface area contributed by atoms with Gasteiger partial charge in [-0.3, -0.25) is 14.4 Å². The van der Waals surface area contributed by atoms with E-state index in [1.54, 1.807) is 0 Å². The first kappa shape index (κ1) is 17.5. The van der Waals surface area contributed by atoms with Gasteiger partial charge >= 0.3 is 11.9 Å². The standard InChI is InChI=1S/C15H25NO5/c1-21-14(20)6-5-9-16-12(17)10-15(11-13(18)19)7-3-2-4-8-15/h2-11H2,1H3,(H,16,17)(H,18,19). The Balaban J connectivity index is 2.38. The first-order valence-corrected chi connectivity index (χ1v) is 7.53. The van der Waals surface area contributed by atoms with E-state index in [4.69, 9.17) is 5.11 Å². The lowest BCUT2D eigenvalue weighted by Gasteiger charge is -2.35. The van der Waals surface area contributed by atoms with Gasteiger partial charge < -0.3 is 15.2 Å². The lowest BCUT2D eigenvalue weighted by molar-refractivity contribution is -0.142. The van der Waals surface area contributed by atoms with E-state index in [1.807, 2.05) is 0 Å². The molecule has 1 amide bonds. The Bertz CT molecular complexity index is 374. The largest absolute Gasteiger partial charge is 0.481 e. The van der Waals surface area contributed by atoms with Crippen LogP contribution < -0.4 is 5.32 Å². The van der Waals surface area contributed by atoms with E-state index in [-0.39, 0.29) is 31.1 Å². The molecule has 1 aliphatic rings.